The Balaban J connectivity index is 4.23. The van der Waals surface area contributed by atoms with Crippen molar-refractivity contribution < 1.29 is 43.0 Å². The Morgan fingerprint density at radius 3 is 1.73 bits per heavy atom. The standard InChI is InChI=1S/C38H73O9P/c1-3-5-7-9-11-13-15-17-18-19-21-23-25-27-29-31-44-34-37(35-46-48(42,43)45-33-36(40)32-39)47-38(41)30-28-26-24-22-20-16-14-12-10-8-6-4-2/h9,11,15,17,36-37,39-40H,3-8,10,12-14,16,18-35H2,1-2H3,(H,42,43)/b11-9-,17-15-. The third kappa shape index (κ3) is 34.8. The van der Waals surface area contributed by atoms with Crippen molar-refractivity contribution in [2.24, 2.45) is 0 Å². The summed E-state index contributed by atoms with van der Waals surface area (Å²) in [4.78, 5) is 22.5. The first-order chi connectivity index (χ1) is 23.3. The number of phosphoric ester groups is 1. The summed E-state index contributed by atoms with van der Waals surface area (Å²) in [6.45, 7) is 3.45. The van der Waals surface area contributed by atoms with Crippen molar-refractivity contribution in [2.45, 2.75) is 180 Å². The van der Waals surface area contributed by atoms with Gasteiger partial charge in [0.25, 0.3) is 0 Å². The first kappa shape index (κ1) is 46.9. The van der Waals surface area contributed by atoms with E-state index in [1.807, 2.05) is 0 Å². The van der Waals surface area contributed by atoms with Gasteiger partial charge in [0.1, 0.15) is 12.2 Å². The van der Waals surface area contributed by atoms with Crippen LogP contribution in [-0.4, -0.2) is 66.3 Å². The summed E-state index contributed by atoms with van der Waals surface area (Å²) in [5.41, 5.74) is 0. The molecule has 0 aromatic heterocycles. The molecule has 0 aromatic carbocycles. The van der Waals surface area contributed by atoms with Crippen molar-refractivity contribution in [3.63, 3.8) is 0 Å². The third-order valence-corrected chi connectivity index (χ3v) is 9.09. The zero-order valence-electron chi connectivity index (χ0n) is 30.7. The Morgan fingerprint density at radius 1 is 0.646 bits per heavy atom. The molecule has 0 aromatic rings. The third-order valence-electron chi connectivity index (χ3n) is 8.14. The topological polar surface area (TPSA) is 132 Å². The molecule has 0 saturated carbocycles. The van der Waals surface area contributed by atoms with E-state index in [2.05, 4.69) is 38.2 Å². The van der Waals surface area contributed by atoms with Crippen LogP contribution >= 0.6 is 7.82 Å². The van der Waals surface area contributed by atoms with Crippen LogP contribution in [0.5, 0.6) is 0 Å². The van der Waals surface area contributed by atoms with E-state index in [4.69, 9.17) is 23.6 Å². The van der Waals surface area contributed by atoms with Gasteiger partial charge in [-0.2, -0.15) is 0 Å². The van der Waals surface area contributed by atoms with Crippen LogP contribution in [0.2, 0.25) is 0 Å². The smallest absolute Gasteiger partial charge is 0.457 e. The van der Waals surface area contributed by atoms with E-state index in [1.54, 1.807) is 0 Å². The zero-order valence-corrected chi connectivity index (χ0v) is 31.6. The van der Waals surface area contributed by atoms with Crippen LogP contribution in [0.1, 0.15) is 168 Å². The predicted molar refractivity (Wildman–Crippen MR) is 196 cm³/mol. The molecule has 48 heavy (non-hydrogen) atoms. The highest BCUT2D eigenvalue weighted by Gasteiger charge is 2.26. The van der Waals surface area contributed by atoms with Crippen molar-refractivity contribution in [2.75, 3.05) is 33.0 Å². The number of hydrogen-bond acceptors (Lipinski definition) is 8. The molecule has 0 aliphatic carbocycles. The van der Waals surface area contributed by atoms with Crippen LogP contribution in [0.15, 0.2) is 24.3 Å². The number of ether oxygens (including phenoxy) is 2. The summed E-state index contributed by atoms with van der Waals surface area (Å²) >= 11 is 0. The first-order valence-electron chi connectivity index (χ1n) is 19.3. The molecule has 0 spiro atoms. The molecule has 0 heterocycles. The van der Waals surface area contributed by atoms with Gasteiger partial charge in [0.15, 0.2) is 0 Å². The molecule has 3 N–H and O–H groups in total. The lowest BCUT2D eigenvalue weighted by Crippen LogP contribution is -2.29. The second-order valence-electron chi connectivity index (χ2n) is 13.0. The van der Waals surface area contributed by atoms with Gasteiger partial charge in [-0.25, -0.2) is 4.57 Å². The number of unbranched alkanes of at least 4 members (excludes halogenated alkanes) is 19. The van der Waals surface area contributed by atoms with Crippen LogP contribution in [-0.2, 0) is 27.9 Å². The van der Waals surface area contributed by atoms with E-state index < -0.39 is 33.2 Å². The molecule has 0 radical (unpaired) electrons. The Hall–Kier alpha value is -1.06. The van der Waals surface area contributed by atoms with E-state index >= 15 is 0 Å². The number of carbonyl (C=O) groups excluding carboxylic acids is 1. The summed E-state index contributed by atoms with van der Waals surface area (Å²) in [6.07, 6.45) is 34.1. The van der Waals surface area contributed by atoms with Crippen LogP contribution in [0.3, 0.4) is 0 Å². The van der Waals surface area contributed by atoms with Gasteiger partial charge < -0.3 is 24.6 Å². The maximum absolute atomic E-state index is 12.5. The van der Waals surface area contributed by atoms with Gasteiger partial charge in [0, 0.05) is 13.0 Å². The number of aliphatic hydroxyl groups excluding tert-OH is 2. The van der Waals surface area contributed by atoms with Gasteiger partial charge in [-0.3, -0.25) is 13.8 Å². The summed E-state index contributed by atoms with van der Waals surface area (Å²) in [7, 11) is -4.51. The first-order valence-corrected chi connectivity index (χ1v) is 20.8. The fraction of sp³-hybridized carbons (Fsp3) is 0.868. The van der Waals surface area contributed by atoms with Crippen molar-refractivity contribution in [1.82, 2.24) is 0 Å². The normalized spacial score (nSPS) is 14.5. The lowest BCUT2D eigenvalue weighted by atomic mass is 10.0. The van der Waals surface area contributed by atoms with Crippen molar-refractivity contribution >= 4 is 13.8 Å². The highest BCUT2D eigenvalue weighted by atomic mass is 31.2. The summed E-state index contributed by atoms with van der Waals surface area (Å²) in [5, 5.41) is 18.3. The molecule has 0 amide bonds. The highest BCUT2D eigenvalue weighted by Crippen LogP contribution is 2.43. The molecule has 284 valence electrons. The molecular weight excluding hydrogens is 631 g/mol. The monoisotopic (exact) mass is 704 g/mol. The minimum Gasteiger partial charge on any atom is -0.457 e. The molecule has 0 rings (SSSR count). The van der Waals surface area contributed by atoms with Crippen LogP contribution < -0.4 is 0 Å². The van der Waals surface area contributed by atoms with Gasteiger partial charge in [-0.05, 0) is 38.5 Å². The zero-order chi connectivity index (χ0) is 35.4. The van der Waals surface area contributed by atoms with Crippen LogP contribution in [0, 0.1) is 0 Å². The van der Waals surface area contributed by atoms with Crippen molar-refractivity contribution in [3.05, 3.63) is 24.3 Å². The number of phosphoric acid groups is 1. The molecule has 9 nitrogen and oxygen atoms in total. The van der Waals surface area contributed by atoms with Crippen molar-refractivity contribution in [3.8, 4) is 0 Å². The second-order valence-corrected chi connectivity index (χ2v) is 14.4. The van der Waals surface area contributed by atoms with E-state index in [9.17, 15) is 19.4 Å². The summed E-state index contributed by atoms with van der Waals surface area (Å²) in [6, 6.07) is 0. The molecule has 0 bridgehead atoms. The Morgan fingerprint density at radius 2 is 1.15 bits per heavy atom. The van der Waals surface area contributed by atoms with E-state index in [-0.39, 0.29) is 25.6 Å². The molecule has 0 saturated heterocycles. The molecule has 0 fully saturated rings. The SMILES string of the molecule is CCCC/C=C\C/C=C\CCCCCCCCOCC(COP(=O)(O)OCC(O)CO)OC(=O)CCCCCCCCCCCCCC. The van der Waals surface area contributed by atoms with E-state index in [1.165, 1.54) is 96.3 Å². The second kappa shape index (κ2) is 35.8. The molecular formula is C38H73O9P. The summed E-state index contributed by atoms with van der Waals surface area (Å²) in [5.74, 6) is -0.387. The maximum Gasteiger partial charge on any atom is 0.472 e. The minimum absolute atomic E-state index is 0.0452. The number of carbonyl (C=O) groups is 1. The average molecular weight is 705 g/mol. The van der Waals surface area contributed by atoms with E-state index in [0.29, 0.717) is 6.61 Å². The maximum atomic E-state index is 12.5. The average Bonchev–Trinajstić information content (AvgIpc) is 3.07. The van der Waals surface area contributed by atoms with E-state index in [0.717, 1.165) is 51.4 Å². The lowest BCUT2D eigenvalue weighted by Gasteiger charge is -2.20. The van der Waals surface area contributed by atoms with Crippen molar-refractivity contribution in [1.29, 1.82) is 0 Å². The molecule has 0 aliphatic heterocycles. The number of aliphatic hydroxyl groups is 2. The van der Waals surface area contributed by atoms with Gasteiger partial charge >= 0.3 is 13.8 Å². The van der Waals surface area contributed by atoms with Gasteiger partial charge in [-0.15, -0.1) is 0 Å². The number of esters is 1. The number of allylic oxidation sites excluding steroid dienone is 4. The van der Waals surface area contributed by atoms with Gasteiger partial charge in [0.05, 0.1) is 26.4 Å². The number of hydrogen-bond donors (Lipinski definition) is 3. The van der Waals surface area contributed by atoms with Crippen LogP contribution in [0.25, 0.3) is 0 Å². The summed E-state index contributed by atoms with van der Waals surface area (Å²) < 4.78 is 33.2. The Labute approximate surface area is 293 Å². The van der Waals surface area contributed by atoms with Crippen LogP contribution in [0.4, 0.5) is 0 Å². The molecule has 3 unspecified atom stereocenters. The Bertz CT molecular complexity index is 805. The predicted octanol–water partition coefficient (Wildman–Crippen LogP) is 9.92. The fourth-order valence-corrected chi connectivity index (χ4v) is 5.93. The largest absolute Gasteiger partial charge is 0.472 e. The van der Waals surface area contributed by atoms with Gasteiger partial charge in [0.2, 0.25) is 0 Å². The molecule has 3 atom stereocenters. The molecule has 10 heteroatoms. The van der Waals surface area contributed by atoms with Gasteiger partial charge in [-0.1, -0.05) is 147 Å². The fourth-order valence-electron chi connectivity index (χ4n) is 5.14. The lowest BCUT2D eigenvalue weighted by molar-refractivity contribution is -0.154. The Kier molecular flexibility index (Phi) is 35.0. The number of rotatable bonds is 37. The highest BCUT2D eigenvalue weighted by molar-refractivity contribution is 7.47. The minimum atomic E-state index is -4.51. The molecule has 0 aliphatic rings. The quantitative estimate of drug-likeness (QED) is 0.0250.